The van der Waals surface area contributed by atoms with Crippen LogP contribution in [0.2, 0.25) is 5.02 Å². The predicted molar refractivity (Wildman–Crippen MR) is 81.6 cm³/mol. The van der Waals surface area contributed by atoms with Crippen LogP contribution in [0.3, 0.4) is 0 Å². The molecule has 0 atom stereocenters. The third-order valence-electron chi connectivity index (χ3n) is 2.67. The van der Waals surface area contributed by atoms with Crippen LogP contribution in [-0.2, 0) is 0 Å². The van der Waals surface area contributed by atoms with Gasteiger partial charge in [-0.1, -0.05) is 41.0 Å². The molecule has 0 bridgehead atoms. The number of hydrogen-bond acceptors (Lipinski definition) is 4. The molecule has 0 aliphatic heterocycles. The molecule has 0 amide bonds. The van der Waals surface area contributed by atoms with E-state index in [-0.39, 0.29) is 0 Å². The van der Waals surface area contributed by atoms with Crippen LogP contribution < -0.4 is 5.32 Å². The minimum absolute atomic E-state index is 0.491. The summed E-state index contributed by atoms with van der Waals surface area (Å²) in [6.45, 7) is 0. The second-order valence-electron chi connectivity index (χ2n) is 3.97. The van der Waals surface area contributed by atoms with Crippen molar-refractivity contribution in [3.8, 4) is 5.69 Å². The molecule has 20 heavy (non-hydrogen) atoms. The van der Waals surface area contributed by atoms with Crippen LogP contribution in [0.25, 0.3) is 5.69 Å². The molecule has 1 aromatic heterocycles. The number of aromatic nitrogens is 4. The fourth-order valence-corrected chi connectivity index (χ4v) is 2.33. The van der Waals surface area contributed by atoms with Gasteiger partial charge in [-0.2, -0.15) is 4.68 Å². The fourth-order valence-electron chi connectivity index (χ4n) is 1.73. The zero-order valence-electron chi connectivity index (χ0n) is 10.2. The average Bonchev–Trinajstić information content (AvgIpc) is 2.90. The van der Waals surface area contributed by atoms with Gasteiger partial charge in [-0.25, -0.2) is 0 Å². The molecule has 1 N–H and O–H groups in total. The zero-order valence-corrected chi connectivity index (χ0v) is 12.5. The highest BCUT2D eigenvalue weighted by Gasteiger charge is 2.11. The predicted octanol–water partition coefficient (Wildman–Crippen LogP) is 3.82. The quantitative estimate of drug-likeness (QED) is 0.780. The maximum Gasteiger partial charge on any atom is 0.252 e. The minimum Gasteiger partial charge on any atom is -0.322 e. The first-order chi connectivity index (χ1) is 9.75. The lowest BCUT2D eigenvalue weighted by molar-refractivity contribution is 0.791. The van der Waals surface area contributed by atoms with Crippen LogP contribution in [0.1, 0.15) is 0 Å². The maximum absolute atomic E-state index is 6.17. The van der Waals surface area contributed by atoms with Crippen LogP contribution >= 0.6 is 27.5 Å². The molecule has 0 spiro atoms. The number of rotatable bonds is 3. The monoisotopic (exact) mass is 349 g/mol. The Hall–Kier alpha value is -1.92. The highest BCUT2D eigenvalue weighted by Crippen LogP contribution is 2.26. The van der Waals surface area contributed by atoms with Crippen molar-refractivity contribution < 1.29 is 0 Å². The second kappa shape index (κ2) is 5.60. The first-order valence-electron chi connectivity index (χ1n) is 5.80. The first kappa shape index (κ1) is 13.1. The normalized spacial score (nSPS) is 10.5. The van der Waals surface area contributed by atoms with E-state index in [0.717, 1.165) is 10.2 Å². The van der Waals surface area contributed by atoms with E-state index in [1.54, 1.807) is 10.7 Å². The Morgan fingerprint density at radius 1 is 1.05 bits per heavy atom. The van der Waals surface area contributed by atoms with Gasteiger partial charge in [-0.3, -0.25) is 0 Å². The van der Waals surface area contributed by atoms with Crippen LogP contribution in [0.5, 0.6) is 0 Å². The van der Waals surface area contributed by atoms with Gasteiger partial charge in [-0.15, -0.1) is 0 Å². The smallest absolute Gasteiger partial charge is 0.252 e. The summed E-state index contributed by atoms with van der Waals surface area (Å²) in [4.78, 5) is 0. The van der Waals surface area contributed by atoms with Crippen molar-refractivity contribution in [2.45, 2.75) is 0 Å². The maximum atomic E-state index is 6.17. The summed E-state index contributed by atoms with van der Waals surface area (Å²) in [5.41, 5.74) is 1.59. The van der Waals surface area contributed by atoms with Crippen molar-refractivity contribution in [2.24, 2.45) is 0 Å². The number of nitrogens with one attached hydrogen (secondary N) is 1. The van der Waals surface area contributed by atoms with Gasteiger partial charge in [0.25, 0.3) is 5.95 Å². The molecule has 0 saturated heterocycles. The van der Waals surface area contributed by atoms with E-state index in [2.05, 4.69) is 36.8 Å². The van der Waals surface area contributed by atoms with E-state index in [4.69, 9.17) is 11.6 Å². The Bertz CT molecular complexity index is 743. The van der Waals surface area contributed by atoms with E-state index in [1.807, 2.05) is 42.5 Å². The Labute approximate surface area is 128 Å². The lowest BCUT2D eigenvalue weighted by Crippen LogP contribution is -2.04. The lowest BCUT2D eigenvalue weighted by atomic mass is 10.3. The van der Waals surface area contributed by atoms with E-state index < -0.39 is 0 Å². The highest BCUT2D eigenvalue weighted by molar-refractivity contribution is 9.10. The topological polar surface area (TPSA) is 55.6 Å². The van der Waals surface area contributed by atoms with Crippen molar-refractivity contribution in [3.05, 3.63) is 58.0 Å². The summed E-state index contributed by atoms with van der Waals surface area (Å²) in [6.07, 6.45) is 0. The summed E-state index contributed by atoms with van der Waals surface area (Å²) in [6, 6.07) is 15.1. The van der Waals surface area contributed by atoms with E-state index in [1.165, 1.54) is 0 Å². The van der Waals surface area contributed by atoms with Gasteiger partial charge in [0.15, 0.2) is 0 Å². The van der Waals surface area contributed by atoms with Gasteiger partial charge in [0.1, 0.15) is 0 Å². The zero-order chi connectivity index (χ0) is 13.9. The van der Waals surface area contributed by atoms with Crippen LogP contribution in [0.4, 0.5) is 11.6 Å². The van der Waals surface area contributed by atoms with Crippen molar-refractivity contribution in [2.75, 3.05) is 5.32 Å². The van der Waals surface area contributed by atoms with E-state index in [9.17, 15) is 0 Å². The molecule has 0 saturated carbocycles. The molecule has 0 unspecified atom stereocenters. The Morgan fingerprint density at radius 3 is 2.60 bits per heavy atom. The van der Waals surface area contributed by atoms with Crippen molar-refractivity contribution in [1.82, 2.24) is 20.2 Å². The Balaban J connectivity index is 2.00. The molecule has 5 nitrogen and oxygen atoms in total. The summed E-state index contributed by atoms with van der Waals surface area (Å²) in [7, 11) is 0. The molecular formula is C13H9BrClN5. The number of hydrogen-bond donors (Lipinski definition) is 1. The van der Waals surface area contributed by atoms with Gasteiger partial charge >= 0.3 is 0 Å². The molecule has 0 fully saturated rings. The van der Waals surface area contributed by atoms with Gasteiger partial charge < -0.3 is 5.32 Å². The summed E-state index contributed by atoms with van der Waals surface area (Å²) in [5, 5.41) is 15.4. The fraction of sp³-hybridized carbons (Fsp3) is 0. The standard InChI is InChI=1S/C13H9BrClN5/c14-9-5-1-3-7-11(9)16-13-17-18-19-20(13)12-8-4-2-6-10(12)15/h1-8H,(H,16,17,19). The van der Waals surface area contributed by atoms with Gasteiger partial charge in [0.2, 0.25) is 0 Å². The molecule has 2 aromatic carbocycles. The highest BCUT2D eigenvalue weighted by atomic mass is 79.9. The number of halogens is 2. The third kappa shape index (κ3) is 2.52. The molecule has 7 heteroatoms. The van der Waals surface area contributed by atoms with Crippen LogP contribution in [-0.4, -0.2) is 20.2 Å². The Kier molecular flexibility index (Phi) is 3.66. The van der Waals surface area contributed by atoms with Gasteiger partial charge in [0, 0.05) is 4.47 Å². The third-order valence-corrected chi connectivity index (χ3v) is 3.68. The SMILES string of the molecule is Clc1ccccc1-n1nnnc1Nc1ccccc1Br. The molecule has 0 radical (unpaired) electrons. The number of tetrazole rings is 1. The molecule has 1 heterocycles. The molecule has 3 rings (SSSR count). The van der Waals surface area contributed by atoms with Crippen LogP contribution in [0, 0.1) is 0 Å². The van der Waals surface area contributed by atoms with Gasteiger partial charge in [-0.05, 0) is 50.6 Å². The second-order valence-corrected chi connectivity index (χ2v) is 5.23. The summed E-state index contributed by atoms with van der Waals surface area (Å²) < 4.78 is 2.48. The molecule has 0 aliphatic rings. The number of anilines is 2. The average molecular weight is 351 g/mol. The number of benzene rings is 2. The van der Waals surface area contributed by atoms with E-state index >= 15 is 0 Å². The van der Waals surface area contributed by atoms with Crippen molar-refractivity contribution in [3.63, 3.8) is 0 Å². The lowest BCUT2D eigenvalue weighted by Gasteiger charge is -2.09. The van der Waals surface area contributed by atoms with E-state index in [0.29, 0.717) is 16.7 Å². The van der Waals surface area contributed by atoms with Crippen molar-refractivity contribution >= 4 is 39.2 Å². The largest absolute Gasteiger partial charge is 0.322 e. The molecule has 3 aromatic rings. The van der Waals surface area contributed by atoms with Crippen LogP contribution in [0.15, 0.2) is 53.0 Å². The van der Waals surface area contributed by atoms with Gasteiger partial charge in [0.05, 0.1) is 16.4 Å². The number of para-hydroxylation sites is 2. The Morgan fingerprint density at radius 2 is 1.80 bits per heavy atom. The molecular weight excluding hydrogens is 342 g/mol. The molecule has 0 aliphatic carbocycles. The first-order valence-corrected chi connectivity index (χ1v) is 6.97. The van der Waals surface area contributed by atoms with Crippen molar-refractivity contribution in [1.29, 1.82) is 0 Å². The summed E-state index contributed by atoms with van der Waals surface area (Å²) in [5.74, 6) is 0.491. The molecule has 100 valence electrons. The summed E-state index contributed by atoms with van der Waals surface area (Å²) >= 11 is 9.64. The number of nitrogens with zero attached hydrogens (tertiary/aromatic N) is 4. The minimum atomic E-state index is 0.491.